The van der Waals surface area contributed by atoms with Crippen molar-refractivity contribution in [2.75, 3.05) is 14.2 Å². The third kappa shape index (κ3) is 1.69. The minimum atomic E-state index is -0.693. The summed E-state index contributed by atoms with van der Waals surface area (Å²) in [6.07, 6.45) is 0.752. The molecule has 8 nitrogen and oxygen atoms in total. The zero-order chi connectivity index (χ0) is 13.4. The van der Waals surface area contributed by atoms with Gasteiger partial charge >= 0.3 is 12.0 Å². The van der Waals surface area contributed by atoms with Crippen molar-refractivity contribution in [3.63, 3.8) is 0 Å². The summed E-state index contributed by atoms with van der Waals surface area (Å²) in [4.78, 5) is 41.4. The fraction of sp³-hybridized carbons (Fsp3) is 0.600. The number of nitrogens with zero attached hydrogens (tertiary/aromatic N) is 3. The topological polar surface area (TPSA) is 91.3 Å². The van der Waals surface area contributed by atoms with Gasteiger partial charge in [0.25, 0.3) is 5.91 Å². The Morgan fingerprint density at radius 1 is 1.56 bits per heavy atom. The van der Waals surface area contributed by atoms with Gasteiger partial charge in [-0.25, -0.2) is 14.6 Å². The van der Waals surface area contributed by atoms with Crippen LogP contribution in [0, 0.1) is 0 Å². The molecule has 98 valence electrons. The highest BCUT2D eigenvalue weighted by Crippen LogP contribution is 2.21. The van der Waals surface area contributed by atoms with E-state index in [2.05, 4.69) is 15.0 Å². The molecular weight excluding hydrogens is 240 g/mol. The van der Waals surface area contributed by atoms with Crippen LogP contribution in [-0.4, -0.2) is 66.5 Å². The molecule has 18 heavy (non-hydrogen) atoms. The van der Waals surface area contributed by atoms with Gasteiger partial charge in [0.15, 0.2) is 12.2 Å². The van der Waals surface area contributed by atoms with Crippen molar-refractivity contribution in [3.8, 4) is 0 Å². The van der Waals surface area contributed by atoms with Gasteiger partial charge in [-0.15, -0.1) is 0 Å². The van der Waals surface area contributed by atoms with Crippen molar-refractivity contribution in [2.24, 2.45) is 4.99 Å². The van der Waals surface area contributed by atoms with E-state index < -0.39 is 36.2 Å². The number of aliphatic imine (C=N–C) groups is 1. The Kier molecular flexibility index (Phi) is 2.93. The maximum absolute atomic E-state index is 12.0. The minimum absolute atomic E-state index is 0.392. The highest BCUT2D eigenvalue weighted by molar-refractivity contribution is 6.02. The van der Waals surface area contributed by atoms with E-state index >= 15 is 0 Å². The summed E-state index contributed by atoms with van der Waals surface area (Å²) in [6, 6.07) is -1.83. The van der Waals surface area contributed by atoms with Crippen molar-refractivity contribution >= 4 is 24.2 Å². The molecule has 8 heteroatoms. The SMILES string of the molecule is COC(=O)[C@H](C)N1C=NC2NC(=O)N(C)C(=O)C21. The molecule has 2 heterocycles. The lowest BCUT2D eigenvalue weighted by Gasteiger charge is -2.36. The first-order valence-electron chi connectivity index (χ1n) is 5.44. The lowest BCUT2D eigenvalue weighted by Crippen LogP contribution is -2.64. The largest absolute Gasteiger partial charge is 0.467 e. The monoisotopic (exact) mass is 254 g/mol. The number of carbonyl (C=O) groups is 3. The third-order valence-electron chi connectivity index (χ3n) is 3.13. The van der Waals surface area contributed by atoms with Crippen molar-refractivity contribution in [1.29, 1.82) is 0 Å². The molecule has 0 aromatic rings. The summed E-state index contributed by atoms with van der Waals surface area (Å²) >= 11 is 0. The van der Waals surface area contributed by atoms with Crippen LogP contribution in [0.15, 0.2) is 4.99 Å². The van der Waals surface area contributed by atoms with Gasteiger partial charge in [0.1, 0.15) is 6.04 Å². The van der Waals surface area contributed by atoms with Crippen LogP contribution in [-0.2, 0) is 14.3 Å². The summed E-state index contributed by atoms with van der Waals surface area (Å²) in [6.45, 7) is 1.62. The molecule has 2 aliphatic heterocycles. The number of carbonyl (C=O) groups excluding carboxylic acids is 3. The summed E-state index contributed by atoms with van der Waals surface area (Å²) in [5.74, 6) is -0.855. The molecule has 2 unspecified atom stereocenters. The van der Waals surface area contributed by atoms with Gasteiger partial charge in [-0.05, 0) is 6.92 Å². The highest BCUT2D eigenvalue weighted by atomic mass is 16.5. The van der Waals surface area contributed by atoms with E-state index in [1.54, 1.807) is 6.92 Å². The van der Waals surface area contributed by atoms with E-state index in [1.807, 2.05) is 0 Å². The molecule has 0 aromatic carbocycles. The van der Waals surface area contributed by atoms with Crippen LogP contribution in [0.25, 0.3) is 0 Å². The number of fused-ring (bicyclic) bond motifs is 1. The molecular formula is C10H14N4O4. The van der Waals surface area contributed by atoms with E-state index in [-0.39, 0.29) is 0 Å². The van der Waals surface area contributed by atoms with E-state index in [9.17, 15) is 14.4 Å². The Labute approximate surface area is 104 Å². The standard InChI is InChI=1S/C10H14N4O4/c1-5(9(16)18-3)14-4-11-7-6(14)8(15)13(2)10(17)12-7/h4-7H,1-3H3,(H,12,17)/t5-,6?,7?/m0/s1. The Balaban J connectivity index is 2.22. The number of likely N-dealkylation sites (N-methyl/N-ethyl adjacent to an activating group) is 1. The molecule has 1 N–H and O–H groups in total. The van der Waals surface area contributed by atoms with Gasteiger partial charge in [0.05, 0.1) is 13.4 Å². The molecule has 0 spiro atoms. The van der Waals surface area contributed by atoms with Crippen molar-refractivity contribution in [3.05, 3.63) is 0 Å². The molecule has 1 saturated heterocycles. The lowest BCUT2D eigenvalue weighted by molar-refractivity contribution is -0.146. The van der Waals surface area contributed by atoms with Gasteiger partial charge in [0, 0.05) is 7.05 Å². The summed E-state index contributed by atoms with van der Waals surface area (Å²) in [5.41, 5.74) is 0. The zero-order valence-corrected chi connectivity index (χ0v) is 10.3. The molecule has 0 aromatic heterocycles. The number of nitrogens with one attached hydrogen (secondary N) is 1. The Morgan fingerprint density at radius 3 is 2.83 bits per heavy atom. The van der Waals surface area contributed by atoms with Crippen molar-refractivity contribution in [1.82, 2.24) is 15.1 Å². The van der Waals surface area contributed by atoms with Crippen LogP contribution in [0.1, 0.15) is 6.92 Å². The average molecular weight is 254 g/mol. The smallest absolute Gasteiger partial charge is 0.328 e. The number of imide groups is 1. The molecule has 2 rings (SSSR count). The normalized spacial score (nSPS) is 27.9. The molecule has 0 aliphatic carbocycles. The fourth-order valence-electron chi connectivity index (χ4n) is 2.00. The van der Waals surface area contributed by atoms with Crippen LogP contribution in [0.4, 0.5) is 4.79 Å². The molecule has 3 amide bonds. The zero-order valence-electron chi connectivity index (χ0n) is 10.3. The number of amides is 3. The van der Waals surface area contributed by atoms with Gasteiger partial charge in [-0.2, -0.15) is 0 Å². The second kappa shape index (κ2) is 4.28. The number of ether oxygens (including phenoxy) is 1. The summed E-state index contributed by atoms with van der Waals surface area (Å²) in [5, 5.41) is 2.57. The summed E-state index contributed by atoms with van der Waals surface area (Å²) in [7, 11) is 2.66. The number of methoxy groups -OCH3 is 1. The maximum atomic E-state index is 12.0. The van der Waals surface area contributed by atoms with Crippen LogP contribution in [0.2, 0.25) is 0 Å². The Morgan fingerprint density at radius 2 is 2.22 bits per heavy atom. The Bertz CT molecular complexity index is 436. The van der Waals surface area contributed by atoms with Crippen molar-refractivity contribution in [2.45, 2.75) is 25.2 Å². The molecule has 2 aliphatic rings. The molecule has 3 atom stereocenters. The fourth-order valence-corrected chi connectivity index (χ4v) is 2.00. The second-order valence-electron chi connectivity index (χ2n) is 4.15. The third-order valence-corrected chi connectivity index (χ3v) is 3.13. The Hall–Kier alpha value is -2.12. The van der Waals surface area contributed by atoms with Crippen LogP contribution >= 0.6 is 0 Å². The predicted molar refractivity (Wildman–Crippen MR) is 60.7 cm³/mol. The minimum Gasteiger partial charge on any atom is -0.467 e. The number of hydrogen-bond acceptors (Lipinski definition) is 6. The van der Waals surface area contributed by atoms with Gasteiger partial charge in [0.2, 0.25) is 0 Å². The number of urea groups is 1. The van der Waals surface area contributed by atoms with Crippen molar-refractivity contribution < 1.29 is 19.1 Å². The van der Waals surface area contributed by atoms with Crippen LogP contribution < -0.4 is 5.32 Å². The maximum Gasteiger partial charge on any atom is 0.328 e. The molecule has 0 radical (unpaired) electrons. The van der Waals surface area contributed by atoms with E-state index in [1.165, 1.54) is 25.4 Å². The van der Waals surface area contributed by atoms with Gasteiger partial charge in [-0.1, -0.05) is 0 Å². The summed E-state index contributed by atoms with van der Waals surface area (Å²) < 4.78 is 4.63. The number of rotatable bonds is 2. The first-order valence-corrected chi connectivity index (χ1v) is 5.44. The molecule has 0 saturated carbocycles. The quantitative estimate of drug-likeness (QED) is 0.623. The average Bonchev–Trinajstić information content (AvgIpc) is 2.77. The van der Waals surface area contributed by atoms with Crippen LogP contribution in [0.5, 0.6) is 0 Å². The predicted octanol–water partition coefficient (Wildman–Crippen LogP) is -1.23. The lowest BCUT2D eigenvalue weighted by atomic mass is 10.1. The van der Waals surface area contributed by atoms with Crippen LogP contribution in [0.3, 0.4) is 0 Å². The van der Waals surface area contributed by atoms with Gasteiger partial charge in [-0.3, -0.25) is 9.69 Å². The number of esters is 1. The number of hydrogen-bond donors (Lipinski definition) is 1. The molecule has 1 fully saturated rings. The molecule has 0 bridgehead atoms. The first kappa shape index (κ1) is 12.3. The second-order valence-corrected chi connectivity index (χ2v) is 4.15. The van der Waals surface area contributed by atoms with E-state index in [0.29, 0.717) is 0 Å². The first-order chi connectivity index (χ1) is 8.47. The van der Waals surface area contributed by atoms with E-state index in [0.717, 1.165) is 4.90 Å². The van der Waals surface area contributed by atoms with Gasteiger partial charge < -0.3 is 15.0 Å². The van der Waals surface area contributed by atoms with E-state index in [4.69, 9.17) is 0 Å². The highest BCUT2D eigenvalue weighted by Gasteiger charge is 2.47.